The third kappa shape index (κ3) is 2.24. The van der Waals surface area contributed by atoms with Gasteiger partial charge in [-0.05, 0) is 24.1 Å². The molecule has 94 valence electrons. The highest BCUT2D eigenvalue weighted by Crippen LogP contribution is 2.22. The van der Waals surface area contributed by atoms with Gasteiger partial charge < -0.3 is 10.6 Å². The predicted molar refractivity (Wildman–Crippen MR) is 72.6 cm³/mol. The van der Waals surface area contributed by atoms with Crippen LogP contribution in [-0.2, 0) is 13.5 Å². The van der Waals surface area contributed by atoms with E-state index in [1.54, 1.807) is 0 Å². The van der Waals surface area contributed by atoms with E-state index < -0.39 is 0 Å². The van der Waals surface area contributed by atoms with Gasteiger partial charge in [0.25, 0.3) is 0 Å². The van der Waals surface area contributed by atoms with Gasteiger partial charge in [0, 0.05) is 31.9 Å². The van der Waals surface area contributed by atoms with Crippen molar-refractivity contribution in [3.8, 4) is 0 Å². The quantitative estimate of drug-likeness (QED) is 0.861. The largest absolute Gasteiger partial charge is 0.367 e. The summed E-state index contributed by atoms with van der Waals surface area (Å²) in [6.45, 7) is 1.92. The van der Waals surface area contributed by atoms with Crippen LogP contribution in [0.5, 0.6) is 0 Å². The van der Waals surface area contributed by atoms with E-state index in [0.717, 1.165) is 25.3 Å². The third-order valence-electron chi connectivity index (χ3n) is 3.42. The maximum atomic E-state index is 4.33. The second kappa shape index (κ2) is 4.82. The van der Waals surface area contributed by atoms with Gasteiger partial charge in [-0.25, -0.2) is 0 Å². The van der Waals surface area contributed by atoms with Crippen LogP contribution < -0.4 is 10.6 Å². The zero-order chi connectivity index (χ0) is 12.4. The first-order valence-electron chi connectivity index (χ1n) is 6.37. The number of hydrogen-bond donors (Lipinski definition) is 2. The number of benzene rings is 1. The van der Waals surface area contributed by atoms with Gasteiger partial charge in [0.05, 0.1) is 0 Å². The van der Waals surface area contributed by atoms with Crippen molar-refractivity contribution in [3.05, 3.63) is 47.7 Å². The van der Waals surface area contributed by atoms with Crippen molar-refractivity contribution in [2.24, 2.45) is 7.05 Å². The fourth-order valence-electron chi connectivity index (χ4n) is 2.49. The molecule has 18 heavy (non-hydrogen) atoms. The molecule has 2 heterocycles. The summed E-state index contributed by atoms with van der Waals surface area (Å²) in [6, 6.07) is 11.0. The lowest BCUT2D eigenvalue weighted by molar-refractivity contribution is 0.522. The Bertz CT molecular complexity index is 532. The molecule has 2 aromatic rings. The first-order chi connectivity index (χ1) is 8.83. The molecule has 0 bridgehead atoms. The molecule has 0 amide bonds. The highest BCUT2D eigenvalue weighted by Gasteiger charge is 2.18. The van der Waals surface area contributed by atoms with E-state index in [1.165, 1.54) is 11.1 Å². The van der Waals surface area contributed by atoms with Gasteiger partial charge in [0.2, 0.25) is 0 Å². The summed E-state index contributed by atoms with van der Waals surface area (Å²) in [4.78, 5) is 0. The van der Waals surface area contributed by atoms with Gasteiger partial charge in [0.1, 0.15) is 5.82 Å². The smallest absolute Gasteiger partial charge is 0.148 e. The molecule has 1 unspecified atom stereocenters. The van der Waals surface area contributed by atoms with E-state index in [2.05, 4.69) is 40.0 Å². The molecule has 1 aliphatic heterocycles. The van der Waals surface area contributed by atoms with Gasteiger partial charge in [-0.2, -0.15) is 5.10 Å². The van der Waals surface area contributed by atoms with Crippen LogP contribution in [0.2, 0.25) is 0 Å². The fourth-order valence-corrected chi connectivity index (χ4v) is 2.49. The van der Waals surface area contributed by atoms with Gasteiger partial charge in [-0.3, -0.25) is 4.68 Å². The number of nitrogens with zero attached hydrogens (tertiary/aromatic N) is 2. The van der Waals surface area contributed by atoms with E-state index in [1.807, 2.05) is 24.0 Å². The molecule has 4 heteroatoms. The topological polar surface area (TPSA) is 41.9 Å². The number of aromatic nitrogens is 2. The Morgan fingerprint density at radius 3 is 3.11 bits per heavy atom. The van der Waals surface area contributed by atoms with Crippen molar-refractivity contribution in [2.75, 3.05) is 18.4 Å². The summed E-state index contributed by atoms with van der Waals surface area (Å²) in [7, 11) is 1.93. The van der Waals surface area contributed by atoms with E-state index in [9.17, 15) is 0 Å². The number of aryl methyl sites for hydroxylation is 1. The van der Waals surface area contributed by atoms with Gasteiger partial charge in [-0.15, -0.1) is 0 Å². The molecule has 1 aromatic heterocycles. The Labute approximate surface area is 107 Å². The van der Waals surface area contributed by atoms with E-state index in [0.29, 0.717) is 6.04 Å². The van der Waals surface area contributed by atoms with E-state index >= 15 is 0 Å². The molecule has 1 aliphatic rings. The number of rotatable bonds is 3. The van der Waals surface area contributed by atoms with Crippen molar-refractivity contribution in [1.29, 1.82) is 0 Å². The lowest BCUT2D eigenvalue weighted by Gasteiger charge is -2.27. The highest BCUT2D eigenvalue weighted by molar-refractivity contribution is 5.36. The monoisotopic (exact) mass is 242 g/mol. The second-order valence-electron chi connectivity index (χ2n) is 4.71. The Kier molecular flexibility index (Phi) is 3.02. The minimum Gasteiger partial charge on any atom is -0.367 e. The van der Waals surface area contributed by atoms with Crippen LogP contribution in [0.15, 0.2) is 36.5 Å². The molecule has 0 fully saturated rings. The first-order valence-corrected chi connectivity index (χ1v) is 6.37. The number of fused-ring (bicyclic) bond motifs is 1. The molecule has 1 aromatic carbocycles. The van der Waals surface area contributed by atoms with Crippen LogP contribution in [0, 0.1) is 0 Å². The number of hydrogen-bond acceptors (Lipinski definition) is 3. The lowest BCUT2D eigenvalue weighted by atomic mass is 9.94. The summed E-state index contributed by atoms with van der Waals surface area (Å²) in [5.41, 5.74) is 2.87. The fraction of sp³-hybridized carbons (Fsp3) is 0.357. The summed E-state index contributed by atoms with van der Waals surface area (Å²) in [6.07, 6.45) is 3.07. The van der Waals surface area contributed by atoms with Crippen molar-refractivity contribution in [1.82, 2.24) is 15.1 Å². The Morgan fingerprint density at radius 2 is 2.28 bits per heavy atom. The van der Waals surface area contributed by atoms with Crippen molar-refractivity contribution in [3.63, 3.8) is 0 Å². The molecule has 0 saturated heterocycles. The molecule has 0 radical (unpaired) electrons. The van der Waals surface area contributed by atoms with Crippen LogP contribution >= 0.6 is 0 Å². The average Bonchev–Trinajstić information content (AvgIpc) is 2.82. The molecule has 0 spiro atoms. The van der Waals surface area contributed by atoms with Crippen molar-refractivity contribution in [2.45, 2.75) is 12.5 Å². The normalized spacial score (nSPS) is 18.4. The molecule has 4 nitrogen and oxygen atoms in total. The van der Waals surface area contributed by atoms with Gasteiger partial charge in [0.15, 0.2) is 0 Å². The Morgan fingerprint density at radius 1 is 1.39 bits per heavy atom. The summed E-state index contributed by atoms with van der Waals surface area (Å²) < 4.78 is 1.81. The van der Waals surface area contributed by atoms with Crippen LogP contribution in [0.3, 0.4) is 0 Å². The molecule has 0 saturated carbocycles. The van der Waals surface area contributed by atoms with E-state index in [-0.39, 0.29) is 0 Å². The first kappa shape index (κ1) is 11.3. The van der Waals surface area contributed by atoms with Crippen LogP contribution in [0.4, 0.5) is 5.82 Å². The van der Waals surface area contributed by atoms with Crippen LogP contribution in [-0.4, -0.2) is 22.9 Å². The molecule has 2 N–H and O–H groups in total. The van der Waals surface area contributed by atoms with Crippen LogP contribution in [0.25, 0.3) is 0 Å². The summed E-state index contributed by atoms with van der Waals surface area (Å²) in [5.74, 6) is 0.933. The minimum absolute atomic E-state index is 0.372. The SMILES string of the molecule is Cn1ccc(NCC2NCCc3ccccc32)n1. The average molecular weight is 242 g/mol. The maximum absolute atomic E-state index is 4.33. The molecule has 1 atom stereocenters. The zero-order valence-electron chi connectivity index (χ0n) is 10.6. The summed E-state index contributed by atoms with van der Waals surface area (Å²) >= 11 is 0. The molecular weight excluding hydrogens is 224 g/mol. The molecule has 0 aliphatic carbocycles. The Hall–Kier alpha value is -1.81. The number of anilines is 1. The summed E-state index contributed by atoms with van der Waals surface area (Å²) in [5, 5.41) is 11.3. The zero-order valence-corrected chi connectivity index (χ0v) is 10.6. The molecule has 3 rings (SSSR count). The minimum atomic E-state index is 0.372. The predicted octanol–water partition coefficient (Wildman–Crippen LogP) is 1.72. The highest BCUT2D eigenvalue weighted by atomic mass is 15.3. The van der Waals surface area contributed by atoms with Gasteiger partial charge >= 0.3 is 0 Å². The second-order valence-corrected chi connectivity index (χ2v) is 4.71. The third-order valence-corrected chi connectivity index (χ3v) is 3.42. The van der Waals surface area contributed by atoms with Crippen molar-refractivity contribution < 1.29 is 0 Å². The standard InChI is InChI=1S/C14H18N4/c1-18-9-7-14(17-18)16-10-13-12-5-3-2-4-11(12)6-8-15-13/h2-5,7,9,13,15H,6,8,10H2,1H3,(H,16,17). The lowest BCUT2D eigenvalue weighted by Crippen LogP contribution is -2.34. The van der Waals surface area contributed by atoms with Gasteiger partial charge in [-0.1, -0.05) is 24.3 Å². The van der Waals surface area contributed by atoms with Crippen molar-refractivity contribution >= 4 is 5.82 Å². The van der Waals surface area contributed by atoms with Crippen LogP contribution in [0.1, 0.15) is 17.2 Å². The maximum Gasteiger partial charge on any atom is 0.148 e. The molecular formula is C14H18N4. The van der Waals surface area contributed by atoms with E-state index in [4.69, 9.17) is 0 Å². The number of nitrogens with one attached hydrogen (secondary N) is 2. The Balaban J connectivity index is 1.71.